The van der Waals surface area contributed by atoms with E-state index in [1.54, 1.807) is 0 Å². The van der Waals surface area contributed by atoms with Crippen molar-refractivity contribution in [2.24, 2.45) is 0 Å². The minimum absolute atomic E-state index is 0.203. The highest BCUT2D eigenvalue weighted by atomic mass is 35.5. The number of hydrogen-bond acceptors (Lipinski definition) is 2. The second kappa shape index (κ2) is 5.31. The molecule has 0 rings (SSSR count). The van der Waals surface area contributed by atoms with E-state index in [0.717, 1.165) is 17.4 Å². The molecule has 2 N–H and O–H groups in total. The Bertz CT molecular complexity index is 166. The van der Waals surface area contributed by atoms with E-state index >= 15 is 0 Å². The van der Waals surface area contributed by atoms with Crippen molar-refractivity contribution in [3.8, 4) is 0 Å². The van der Waals surface area contributed by atoms with Crippen LogP contribution in [-0.2, 0) is 0 Å². The van der Waals surface area contributed by atoms with Gasteiger partial charge in [0.2, 0.25) is 0 Å². The van der Waals surface area contributed by atoms with Gasteiger partial charge in [0.05, 0.1) is 33.8 Å². The lowest BCUT2D eigenvalue weighted by molar-refractivity contribution is -0.870. The van der Waals surface area contributed by atoms with Crippen LogP contribution >= 0.6 is 11.8 Å². The number of rotatable bonds is 6. The zero-order valence-electron chi connectivity index (χ0n) is 9.97. The fraction of sp³-hybridized carbons (Fsp3) is 1.00. The maximum atomic E-state index is 9.77. The first-order valence-corrected chi connectivity index (χ1v) is 5.40. The normalized spacial score (nSPS) is 15.6. The summed E-state index contributed by atoms with van der Waals surface area (Å²) in [5, 5.41) is 9.77. The number of nitrogens with one attached hydrogen (secondary N) is 1. The molecule has 0 amide bonds. The molecule has 0 saturated heterocycles. The quantitative estimate of drug-likeness (QED) is 0.527. The molecule has 0 saturated carbocycles. The maximum absolute atomic E-state index is 9.77. The van der Waals surface area contributed by atoms with Gasteiger partial charge in [-0.3, -0.25) is 0 Å². The summed E-state index contributed by atoms with van der Waals surface area (Å²) in [7, 11) is 6.37. The zero-order valence-corrected chi connectivity index (χ0v) is 10.7. The molecule has 14 heavy (non-hydrogen) atoms. The van der Waals surface area contributed by atoms with Gasteiger partial charge in [-0.1, -0.05) is 0 Å². The molecule has 0 bridgehead atoms. The lowest BCUT2D eigenvalue weighted by atomic mass is 9.96. The van der Waals surface area contributed by atoms with Crippen molar-refractivity contribution < 1.29 is 9.59 Å². The maximum Gasteiger partial charge on any atom is 0.0805 e. The lowest BCUT2D eigenvalue weighted by Crippen LogP contribution is -2.40. The van der Waals surface area contributed by atoms with E-state index in [2.05, 4.69) is 26.0 Å². The monoisotopic (exact) mass is 223 g/mol. The molecule has 4 heteroatoms. The molecule has 0 aliphatic heterocycles. The van der Waals surface area contributed by atoms with Crippen molar-refractivity contribution in [3.05, 3.63) is 0 Å². The number of halogens is 1. The van der Waals surface area contributed by atoms with Crippen molar-refractivity contribution in [2.45, 2.75) is 38.3 Å². The second-order valence-electron chi connectivity index (χ2n) is 5.64. The topological polar surface area (TPSA) is 32.3 Å². The highest BCUT2D eigenvalue weighted by Gasteiger charge is 2.22. The Labute approximate surface area is 92.8 Å². The standard InChI is InChI=1S/C10H24ClN2O/c1-10(2,12-11)8-9(14)6-7-13(3,4)5/h9,12,14H,6-8H2,1-5H3/q+1. The first-order valence-electron chi connectivity index (χ1n) is 5.03. The highest BCUT2D eigenvalue weighted by Crippen LogP contribution is 2.14. The van der Waals surface area contributed by atoms with Crippen LogP contribution in [0.25, 0.3) is 0 Å². The summed E-state index contributed by atoms with van der Waals surface area (Å²) >= 11 is 5.56. The van der Waals surface area contributed by atoms with Crippen molar-refractivity contribution in [3.63, 3.8) is 0 Å². The van der Waals surface area contributed by atoms with E-state index in [0.29, 0.717) is 6.42 Å². The predicted molar refractivity (Wildman–Crippen MR) is 61.2 cm³/mol. The summed E-state index contributed by atoms with van der Waals surface area (Å²) in [6.45, 7) is 4.93. The van der Waals surface area contributed by atoms with Crippen LogP contribution in [0.4, 0.5) is 0 Å². The van der Waals surface area contributed by atoms with Gasteiger partial charge >= 0.3 is 0 Å². The van der Waals surface area contributed by atoms with Crippen LogP contribution in [0.3, 0.4) is 0 Å². The molecule has 86 valence electrons. The molecular weight excluding hydrogens is 200 g/mol. The molecule has 0 spiro atoms. The molecule has 3 nitrogen and oxygen atoms in total. The number of quaternary nitrogens is 1. The number of hydrogen-bond donors (Lipinski definition) is 2. The van der Waals surface area contributed by atoms with Gasteiger partial charge in [-0.25, -0.2) is 4.84 Å². The van der Waals surface area contributed by atoms with Crippen LogP contribution in [0, 0.1) is 0 Å². The van der Waals surface area contributed by atoms with E-state index in [9.17, 15) is 5.11 Å². The fourth-order valence-electron chi connectivity index (χ4n) is 1.27. The van der Waals surface area contributed by atoms with Crippen LogP contribution in [0.15, 0.2) is 0 Å². The van der Waals surface area contributed by atoms with Gasteiger partial charge in [0.25, 0.3) is 0 Å². The highest BCUT2D eigenvalue weighted by molar-refractivity contribution is 6.13. The molecular formula is C10H24ClN2O+. The van der Waals surface area contributed by atoms with E-state index < -0.39 is 0 Å². The Morgan fingerprint density at radius 3 is 2.21 bits per heavy atom. The third kappa shape index (κ3) is 7.56. The molecule has 0 fully saturated rings. The van der Waals surface area contributed by atoms with Crippen LogP contribution < -0.4 is 4.84 Å². The first-order chi connectivity index (χ1) is 6.16. The number of nitrogens with zero attached hydrogens (tertiary/aromatic N) is 1. The Morgan fingerprint density at radius 2 is 1.86 bits per heavy atom. The fourth-order valence-corrected chi connectivity index (χ4v) is 1.34. The van der Waals surface area contributed by atoms with Gasteiger partial charge < -0.3 is 9.59 Å². The first kappa shape index (κ1) is 14.2. The van der Waals surface area contributed by atoms with Crippen molar-refractivity contribution in [1.29, 1.82) is 0 Å². The zero-order chi connectivity index (χ0) is 11.4. The predicted octanol–water partition coefficient (Wildman–Crippen LogP) is 1.36. The smallest absolute Gasteiger partial charge is 0.0805 e. The molecule has 0 aliphatic carbocycles. The minimum atomic E-state index is -0.284. The number of aliphatic hydroxyl groups is 1. The third-order valence-electron chi connectivity index (χ3n) is 2.13. The molecule has 0 aromatic carbocycles. The van der Waals surface area contributed by atoms with E-state index in [4.69, 9.17) is 11.8 Å². The van der Waals surface area contributed by atoms with Crippen LogP contribution in [-0.4, -0.2) is 48.9 Å². The summed E-state index contributed by atoms with van der Waals surface area (Å²) in [4.78, 5) is 2.68. The Balaban J connectivity index is 3.82. The third-order valence-corrected chi connectivity index (χ3v) is 2.65. The van der Waals surface area contributed by atoms with E-state index in [1.165, 1.54) is 0 Å². The Morgan fingerprint density at radius 1 is 1.36 bits per heavy atom. The van der Waals surface area contributed by atoms with Gasteiger partial charge in [-0.2, -0.15) is 0 Å². The summed E-state index contributed by atoms with van der Waals surface area (Å²) in [5.74, 6) is 0. The van der Waals surface area contributed by atoms with Gasteiger partial charge in [0.15, 0.2) is 0 Å². The van der Waals surface area contributed by atoms with Crippen LogP contribution in [0.5, 0.6) is 0 Å². The van der Waals surface area contributed by atoms with Gasteiger partial charge in [0, 0.05) is 12.0 Å². The minimum Gasteiger partial charge on any atom is -0.393 e. The summed E-state index contributed by atoms with van der Waals surface area (Å²) in [6, 6.07) is 0. The largest absolute Gasteiger partial charge is 0.393 e. The van der Waals surface area contributed by atoms with Crippen molar-refractivity contribution >= 4 is 11.8 Å². The summed E-state index contributed by atoms with van der Waals surface area (Å²) in [6.07, 6.45) is 1.20. The van der Waals surface area contributed by atoms with Gasteiger partial charge in [-0.15, -0.1) is 0 Å². The molecule has 1 atom stereocenters. The lowest BCUT2D eigenvalue weighted by Gasteiger charge is -2.28. The van der Waals surface area contributed by atoms with E-state index in [-0.39, 0.29) is 11.6 Å². The van der Waals surface area contributed by atoms with Crippen LogP contribution in [0.1, 0.15) is 26.7 Å². The Kier molecular flexibility index (Phi) is 5.37. The number of aliphatic hydroxyl groups excluding tert-OH is 1. The molecule has 0 aliphatic rings. The van der Waals surface area contributed by atoms with Crippen LogP contribution in [0.2, 0.25) is 0 Å². The molecule has 0 heterocycles. The van der Waals surface area contributed by atoms with Crippen molar-refractivity contribution in [2.75, 3.05) is 27.7 Å². The molecule has 0 radical (unpaired) electrons. The van der Waals surface area contributed by atoms with Gasteiger partial charge in [-0.05, 0) is 32.0 Å². The molecule has 1 unspecified atom stereocenters. The second-order valence-corrected chi connectivity index (χ2v) is 5.83. The average Bonchev–Trinajstić information content (AvgIpc) is 1.99. The van der Waals surface area contributed by atoms with Crippen molar-refractivity contribution in [1.82, 2.24) is 4.84 Å². The Hall–Kier alpha value is 0.170. The van der Waals surface area contributed by atoms with Gasteiger partial charge in [0.1, 0.15) is 0 Å². The summed E-state index contributed by atoms with van der Waals surface area (Å²) in [5.41, 5.74) is -0.203. The summed E-state index contributed by atoms with van der Waals surface area (Å²) < 4.78 is 0.881. The SMILES string of the molecule is CC(C)(CC(O)CC[N+](C)(C)C)NCl. The molecule has 0 aromatic rings. The molecule has 0 aromatic heterocycles. The average molecular weight is 224 g/mol. The van der Waals surface area contributed by atoms with E-state index in [1.807, 2.05) is 13.8 Å².